The Morgan fingerprint density at radius 3 is 1.90 bits per heavy atom. The first kappa shape index (κ1) is 22.3. The van der Waals surface area contributed by atoms with Crippen LogP contribution in [0.4, 0.5) is 0 Å². The lowest BCUT2D eigenvalue weighted by Gasteiger charge is -2.06. The minimum atomic E-state index is -4.33. The molecule has 0 rings (SSSR count). The van der Waals surface area contributed by atoms with Crippen LogP contribution in [0, 0.1) is 0 Å². The van der Waals surface area contributed by atoms with Gasteiger partial charge in [0.15, 0.2) is 0 Å². The van der Waals surface area contributed by atoms with Crippen molar-refractivity contribution in [2.75, 3.05) is 6.16 Å². The summed E-state index contributed by atoms with van der Waals surface area (Å²) in [7, 11) is -4.33. The number of carbonyl (C=O) groups is 2. The van der Waals surface area contributed by atoms with Gasteiger partial charge in [-0.2, -0.15) is 0 Å². The third-order valence-electron chi connectivity index (χ3n) is 2.48. The standard InChI is InChI=1S/C9H18O2.C3H8NO5P/c1-2-3-4-5-6-7-8-9(10)11;4-3(6)2(5)1-10(7,8)9/h2-8H2,1H3,(H,10,11);2,5H,1H2,(H2,4,6)(H2,7,8,9). The second-order valence-electron chi connectivity index (χ2n) is 4.68. The first-order valence-corrected chi connectivity index (χ1v) is 8.63. The summed E-state index contributed by atoms with van der Waals surface area (Å²) in [5.41, 5.74) is 4.51. The van der Waals surface area contributed by atoms with E-state index in [2.05, 4.69) is 12.7 Å². The van der Waals surface area contributed by atoms with Crippen LogP contribution < -0.4 is 5.73 Å². The van der Waals surface area contributed by atoms with Crippen molar-refractivity contribution in [1.82, 2.24) is 0 Å². The van der Waals surface area contributed by atoms with Gasteiger partial charge in [-0.25, -0.2) is 0 Å². The quantitative estimate of drug-likeness (QED) is 0.293. The highest BCUT2D eigenvalue weighted by Crippen LogP contribution is 2.34. The minimum Gasteiger partial charge on any atom is -0.481 e. The molecule has 9 heteroatoms. The first-order valence-electron chi connectivity index (χ1n) is 6.84. The molecule has 0 fully saturated rings. The van der Waals surface area contributed by atoms with Crippen LogP contribution in [0.5, 0.6) is 0 Å². The average molecular weight is 327 g/mol. The van der Waals surface area contributed by atoms with Gasteiger partial charge in [-0.05, 0) is 6.42 Å². The van der Waals surface area contributed by atoms with Gasteiger partial charge in [-0.15, -0.1) is 0 Å². The molecule has 0 aliphatic heterocycles. The minimum absolute atomic E-state index is 0.339. The highest BCUT2D eigenvalue weighted by molar-refractivity contribution is 7.51. The molecule has 0 aliphatic rings. The molecule has 1 unspecified atom stereocenters. The van der Waals surface area contributed by atoms with Gasteiger partial charge in [-0.3, -0.25) is 14.2 Å². The highest BCUT2D eigenvalue weighted by Gasteiger charge is 2.22. The summed E-state index contributed by atoms with van der Waals surface area (Å²) >= 11 is 0. The largest absolute Gasteiger partial charge is 0.481 e. The van der Waals surface area contributed by atoms with Crippen LogP contribution in [0.25, 0.3) is 0 Å². The fraction of sp³-hybridized carbons (Fsp3) is 0.833. The van der Waals surface area contributed by atoms with Crippen LogP contribution in [0.3, 0.4) is 0 Å². The van der Waals surface area contributed by atoms with Crippen molar-refractivity contribution in [3.05, 3.63) is 0 Å². The molecule has 0 aromatic carbocycles. The Kier molecular flexibility index (Phi) is 13.6. The van der Waals surface area contributed by atoms with Gasteiger partial charge in [0.1, 0.15) is 6.10 Å². The smallest absolute Gasteiger partial charge is 0.328 e. The topological polar surface area (TPSA) is 158 Å². The summed E-state index contributed by atoms with van der Waals surface area (Å²) < 4.78 is 10.1. The molecule has 6 N–H and O–H groups in total. The second kappa shape index (κ2) is 12.8. The van der Waals surface area contributed by atoms with Gasteiger partial charge in [0.2, 0.25) is 5.91 Å². The van der Waals surface area contributed by atoms with Crippen LogP contribution in [0.1, 0.15) is 51.9 Å². The molecule has 1 atom stereocenters. The molecule has 0 saturated heterocycles. The van der Waals surface area contributed by atoms with E-state index in [4.69, 9.17) is 20.0 Å². The maximum Gasteiger partial charge on any atom is 0.328 e. The van der Waals surface area contributed by atoms with Crippen molar-refractivity contribution in [2.24, 2.45) is 5.73 Å². The number of aliphatic hydroxyl groups is 1. The van der Waals surface area contributed by atoms with Gasteiger partial charge < -0.3 is 25.7 Å². The number of nitrogens with two attached hydrogens (primary N) is 1. The fourth-order valence-electron chi connectivity index (χ4n) is 1.37. The van der Waals surface area contributed by atoms with E-state index in [1.165, 1.54) is 25.7 Å². The maximum atomic E-state index is 10.1. The number of carboxylic acid groups (broad SMARTS) is 1. The number of hydrogen-bond donors (Lipinski definition) is 5. The van der Waals surface area contributed by atoms with E-state index in [0.29, 0.717) is 6.42 Å². The van der Waals surface area contributed by atoms with Crippen LogP contribution in [-0.2, 0) is 14.2 Å². The number of hydrogen-bond acceptors (Lipinski definition) is 4. The molecule has 0 aliphatic carbocycles. The molecule has 0 spiro atoms. The lowest BCUT2D eigenvalue weighted by atomic mass is 10.1. The predicted octanol–water partition coefficient (Wildman–Crippen LogP) is 0.832. The Hall–Kier alpha value is -0.950. The van der Waals surface area contributed by atoms with Crippen molar-refractivity contribution >= 4 is 19.5 Å². The van der Waals surface area contributed by atoms with E-state index in [1.54, 1.807) is 0 Å². The number of unbranched alkanes of at least 4 members (excludes halogenated alkanes) is 5. The van der Waals surface area contributed by atoms with E-state index < -0.39 is 31.7 Å². The van der Waals surface area contributed by atoms with Crippen LogP contribution in [0.15, 0.2) is 0 Å². The number of amides is 1. The monoisotopic (exact) mass is 327 g/mol. The van der Waals surface area contributed by atoms with Crippen LogP contribution in [0.2, 0.25) is 0 Å². The molecule has 0 radical (unpaired) electrons. The summed E-state index contributed by atoms with van der Waals surface area (Å²) in [6.07, 6.45) is 4.57. The molecule has 0 aromatic heterocycles. The third kappa shape index (κ3) is 21.5. The van der Waals surface area contributed by atoms with Gasteiger partial charge in [0.05, 0.1) is 6.16 Å². The Morgan fingerprint density at radius 2 is 1.57 bits per heavy atom. The Morgan fingerprint density at radius 1 is 1.10 bits per heavy atom. The SMILES string of the molecule is CCCCCCCCC(=O)O.NC(=O)C(O)CP(=O)(O)O. The predicted molar refractivity (Wildman–Crippen MR) is 77.7 cm³/mol. The fourth-order valence-corrected chi connectivity index (χ4v) is 2.00. The summed E-state index contributed by atoms with van der Waals surface area (Å²) in [5, 5.41) is 16.8. The summed E-state index contributed by atoms with van der Waals surface area (Å²) in [6, 6.07) is 0. The number of carboxylic acids is 1. The Bertz CT molecular complexity index is 342. The van der Waals surface area contributed by atoms with Gasteiger partial charge in [0.25, 0.3) is 0 Å². The maximum absolute atomic E-state index is 10.1. The van der Waals surface area contributed by atoms with Crippen molar-refractivity contribution < 1.29 is 34.2 Å². The summed E-state index contributed by atoms with van der Waals surface area (Å²) in [4.78, 5) is 36.5. The van der Waals surface area contributed by atoms with Crippen molar-refractivity contribution in [3.8, 4) is 0 Å². The number of aliphatic carboxylic acids is 1. The third-order valence-corrected chi connectivity index (χ3v) is 3.30. The molecule has 8 nitrogen and oxygen atoms in total. The summed E-state index contributed by atoms with van der Waals surface area (Å²) in [6.45, 7) is 2.18. The normalized spacial score (nSPS) is 12.2. The van der Waals surface area contributed by atoms with Crippen molar-refractivity contribution in [3.63, 3.8) is 0 Å². The lowest BCUT2D eigenvalue weighted by Crippen LogP contribution is -2.31. The molecule has 126 valence electrons. The molecule has 0 saturated carbocycles. The molecular formula is C12H26NO7P. The molecule has 0 heterocycles. The van der Waals surface area contributed by atoms with E-state index in [0.717, 1.165) is 12.8 Å². The Balaban J connectivity index is 0. The number of rotatable bonds is 10. The zero-order valence-electron chi connectivity index (χ0n) is 12.3. The highest BCUT2D eigenvalue weighted by atomic mass is 31.2. The van der Waals surface area contributed by atoms with E-state index in [9.17, 15) is 14.2 Å². The van der Waals surface area contributed by atoms with Crippen molar-refractivity contribution in [1.29, 1.82) is 0 Å². The Labute approximate surface area is 124 Å². The zero-order valence-corrected chi connectivity index (χ0v) is 13.2. The molecule has 21 heavy (non-hydrogen) atoms. The number of aliphatic hydroxyl groups excluding tert-OH is 1. The van der Waals surface area contributed by atoms with Gasteiger partial charge in [-0.1, -0.05) is 39.0 Å². The van der Waals surface area contributed by atoms with Crippen molar-refractivity contribution in [2.45, 2.75) is 58.0 Å². The lowest BCUT2D eigenvalue weighted by molar-refractivity contribution is -0.137. The summed E-state index contributed by atoms with van der Waals surface area (Å²) in [5.74, 6) is -1.80. The van der Waals surface area contributed by atoms with Gasteiger partial charge >= 0.3 is 13.6 Å². The second-order valence-corrected chi connectivity index (χ2v) is 6.37. The number of carbonyl (C=O) groups excluding carboxylic acids is 1. The zero-order chi connectivity index (χ0) is 16.9. The van der Waals surface area contributed by atoms with Crippen LogP contribution in [-0.4, -0.2) is 44.1 Å². The molecule has 0 bridgehead atoms. The first-order chi connectivity index (χ1) is 9.60. The molecule has 0 aromatic rings. The number of primary amides is 1. The van der Waals surface area contributed by atoms with E-state index >= 15 is 0 Å². The molecule has 1 amide bonds. The van der Waals surface area contributed by atoms with Gasteiger partial charge in [0, 0.05) is 6.42 Å². The van der Waals surface area contributed by atoms with E-state index in [-0.39, 0.29) is 0 Å². The molecular weight excluding hydrogens is 301 g/mol. The average Bonchev–Trinajstić information content (AvgIpc) is 2.32. The van der Waals surface area contributed by atoms with E-state index in [1.807, 2.05) is 0 Å². The van der Waals surface area contributed by atoms with Crippen LogP contribution >= 0.6 is 7.60 Å².